The minimum absolute atomic E-state index is 0.0730. The van der Waals surface area contributed by atoms with Crippen LogP contribution in [0.15, 0.2) is 53.7 Å². The zero-order chi connectivity index (χ0) is 20.9. The molecular formula is C22H25N5O2S. The topological polar surface area (TPSA) is 72.3 Å². The lowest BCUT2D eigenvalue weighted by Gasteiger charge is -2.28. The van der Waals surface area contributed by atoms with Crippen LogP contribution >= 0.6 is 11.8 Å². The number of benzene rings is 2. The number of thioether (sulfide) groups is 1. The Balaban J connectivity index is 1.37. The van der Waals surface area contributed by atoms with Crippen LogP contribution in [0.5, 0.6) is 0 Å². The number of carbonyl (C=O) groups is 1. The van der Waals surface area contributed by atoms with Gasteiger partial charge in [0.1, 0.15) is 5.82 Å². The molecule has 0 unspecified atom stereocenters. The first-order chi connectivity index (χ1) is 14.6. The second-order valence-electron chi connectivity index (χ2n) is 7.13. The van der Waals surface area contributed by atoms with Crippen molar-refractivity contribution in [3.8, 4) is 5.69 Å². The van der Waals surface area contributed by atoms with Crippen LogP contribution in [0.2, 0.25) is 0 Å². The lowest BCUT2D eigenvalue weighted by atomic mass is 10.2. The molecule has 0 radical (unpaired) electrons. The predicted octanol–water partition coefficient (Wildman–Crippen LogP) is 3.45. The van der Waals surface area contributed by atoms with Crippen LogP contribution in [-0.4, -0.2) is 52.7 Å². The molecule has 0 saturated carbocycles. The van der Waals surface area contributed by atoms with Gasteiger partial charge in [0, 0.05) is 24.5 Å². The zero-order valence-corrected chi connectivity index (χ0v) is 18.0. The van der Waals surface area contributed by atoms with Gasteiger partial charge in [0.2, 0.25) is 5.91 Å². The molecule has 1 amide bonds. The Labute approximate surface area is 180 Å². The van der Waals surface area contributed by atoms with Gasteiger partial charge >= 0.3 is 0 Å². The molecule has 0 bridgehead atoms. The van der Waals surface area contributed by atoms with Gasteiger partial charge < -0.3 is 15.0 Å². The van der Waals surface area contributed by atoms with Gasteiger partial charge in [0.05, 0.1) is 24.7 Å². The highest BCUT2D eigenvalue weighted by atomic mass is 32.2. The highest BCUT2D eigenvalue weighted by molar-refractivity contribution is 7.99. The largest absolute Gasteiger partial charge is 0.378 e. The van der Waals surface area contributed by atoms with Crippen molar-refractivity contribution in [3.63, 3.8) is 0 Å². The Morgan fingerprint density at radius 3 is 2.53 bits per heavy atom. The van der Waals surface area contributed by atoms with Crippen molar-refractivity contribution in [3.05, 3.63) is 59.9 Å². The third-order valence-electron chi connectivity index (χ3n) is 5.01. The Kier molecular flexibility index (Phi) is 6.35. The van der Waals surface area contributed by atoms with E-state index in [0.29, 0.717) is 5.16 Å². The number of nitrogens with one attached hydrogen (secondary N) is 1. The van der Waals surface area contributed by atoms with Crippen LogP contribution in [-0.2, 0) is 9.53 Å². The number of nitrogens with zero attached hydrogens (tertiary/aromatic N) is 4. The normalized spacial score (nSPS) is 14.0. The first kappa shape index (κ1) is 20.4. The number of amides is 1. The van der Waals surface area contributed by atoms with Gasteiger partial charge in [-0.2, -0.15) is 0 Å². The minimum Gasteiger partial charge on any atom is -0.378 e. The van der Waals surface area contributed by atoms with Crippen LogP contribution < -0.4 is 10.2 Å². The number of carbonyl (C=O) groups excluding carboxylic acids is 1. The third kappa shape index (κ3) is 4.66. The fourth-order valence-corrected chi connectivity index (χ4v) is 4.22. The smallest absolute Gasteiger partial charge is 0.234 e. The van der Waals surface area contributed by atoms with Crippen LogP contribution in [0, 0.1) is 13.8 Å². The van der Waals surface area contributed by atoms with E-state index in [1.165, 1.54) is 11.8 Å². The predicted molar refractivity (Wildman–Crippen MR) is 120 cm³/mol. The van der Waals surface area contributed by atoms with Crippen LogP contribution in [0.4, 0.5) is 11.4 Å². The second-order valence-corrected chi connectivity index (χ2v) is 8.08. The van der Waals surface area contributed by atoms with E-state index in [1.807, 2.05) is 54.0 Å². The van der Waals surface area contributed by atoms with Crippen LogP contribution in [0.3, 0.4) is 0 Å². The van der Waals surface area contributed by atoms with Crippen molar-refractivity contribution in [2.75, 3.05) is 42.3 Å². The Morgan fingerprint density at radius 2 is 1.80 bits per heavy atom. The Bertz CT molecular complexity index is 1010. The van der Waals surface area contributed by atoms with Crippen LogP contribution in [0.25, 0.3) is 5.69 Å². The molecule has 0 spiro atoms. The molecule has 4 rings (SSSR count). The fraction of sp³-hybridized carbons (Fsp3) is 0.318. The summed E-state index contributed by atoms with van der Waals surface area (Å²) in [5.41, 5.74) is 4.09. The number of rotatable bonds is 6. The summed E-state index contributed by atoms with van der Waals surface area (Å²) in [5, 5.41) is 12.1. The highest BCUT2D eigenvalue weighted by Gasteiger charge is 2.15. The SMILES string of the molecule is Cc1ccccc1-n1c(C)nnc1SCC(=O)Nc1ccc(N2CCOCC2)cc1. The number of hydrogen-bond donors (Lipinski definition) is 1. The molecule has 1 N–H and O–H groups in total. The van der Waals surface area contributed by atoms with Crippen molar-refractivity contribution in [2.24, 2.45) is 0 Å². The van der Waals surface area contributed by atoms with Gasteiger partial charge in [0.25, 0.3) is 0 Å². The van der Waals surface area contributed by atoms with E-state index in [4.69, 9.17) is 4.74 Å². The standard InChI is InChI=1S/C22H25N5O2S/c1-16-5-3-4-6-20(16)27-17(2)24-25-22(27)30-15-21(28)23-18-7-9-19(10-8-18)26-11-13-29-14-12-26/h3-10H,11-15H2,1-2H3,(H,23,28). The van der Waals surface area contributed by atoms with Gasteiger partial charge in [-0.15, -0.1) is 10.2 Å². The monoisotopic (exact) mass is 423 g/mol. The first-order valence-electron chi connectivity index (χ1n) is 9.95. The van der Waals surface area contributed by atoms with Gasteiger partial charge in [-0.25, -0.2) is 0 Å². The Hall–Kier alpha value is -2.84. The molecular weight excluding hydrogens is 398 g/mol. The van der Waals surface area contributed by atoms with Gasteiger partial charge in [-0.1, -0.05) is 30.0 Å². The van der Waals surface area contributed by atoms with Gasteiger partial charge in [-0.05, 0) is 49.7 Å². The molecule has 0 atom stereocenters. The summed E-state index contributed by atoms with van der Waals surface area (Å²) in [4.78, 5) is 14.8. The average Bonchev–Trinajstić information content (AvgIpc) is 3.14. The van der Waals surface area contributed by atoms with Crippen molar-refractivity contribution in [2.45, 2.75) is 19.0 Å². The molecule has 3 aromatic rings. The van der Waals surface area contributed by atoms with E-state index in [0.717, 1.165) is 54.8 Å². The summed E-state index contributed by atoms with van der Waals surface area (Å²) in [6.07, 6.45) is 0. The molecule has 1 aromatic heterocycles. The molecule has 8 heteroatoms. The van der Waals surface area contributed by atoms with Gasteiger partial charge in [-0.3, -0.25) is 9.36 Å². The summed E-state index contributed by atoms with van der Waals surface area (Å²) in [5.74, 6) is 0.983. The van der Waals surface area contributed by atoms with E-state index in [-0.39, 0.29) is 11.7 Å². The van der Waals surface area contributed by atoms with Crippen molar-refractivity contribution in [1.29, 1.82) is 0 Å². The maximum Gasteiger partial charge on any atom is 0.234 e. The number of para-hydroxylation sites is 1. The average molecular weight is 424 g/mol. The minimum atomic E-state index is -0.0730. The van der Waals surface area contributed by atoms with Crippen molar-refractivity contribution in [1.82, 2.24) is 14.8 Å². The molecule has 0 aliphatic carbocycles. The molecule has 2 aromatic carbocycles. The van der Waals surface area contributed by atoms with Crippen LogP contribution in [0.1, 0.15) is 11.4 Å². The summed E-state index contributed by atoms with van der Waals surface area (Å²) >= 11 is 1.38. The quantitative estimate of drug-likeness (QED) is 0.613. The third-order valence-corrected chi connectivity index (χ3v) is 5.94. The first-order valence-corrected chi connectivity index (χ1v) is 10.9. The number of ether oxygens (including phenoxy) is 1. The molecule has 1 fully saturated rings. The summed E-state index contributed by atoms with van der Waals surface area (Å²) in [6, 6.07) is 16.0. The molecule has 1 aliphatic heterocycles. The second kappa shape index (κ2) is 9.32. The van der Waals surface area contributed by atoms with Gasteiger partial charge in [0.15, 0.2) is 5.16 Å². The van der Waals surface area contributed by atoms with E-state index >= 15 is 0 Å². The number of hydrogen-bond acceptors (Lipinski definition) is 6. The highest BCUT2D eigenvalue weighted by Crippen LogP contribution is 2.24. The lowest BCUT2D eigenvalue weighted by Crippen LogP contribution is -2.36. The van der Waals surface area contributed by atoms with E-state index in [9.17, 15) is 4.79 Å². The number of aromatic nitrogens is 3. The lowest BCUT2D eigenvalue weighted by molar-refractivity contribution is -0.113. The molecule has 2 heterocycles. The van der Waals surface area contributed by atoms with Crippen molar-refractivity contribution >= 4 is 29.0 Å². The number of anilines is 2. The van der Waals surface area contributed by atoms with E-state index in [2.05, 4.69) is 33.4 Å². The number of aryl methyl sites for hydroxylation is 2. The molecule has 1 saturated heterocycles. The number of morpholine rings is 1. The molecule has 30 heavy (non-hydrogen) atoms. The maximum absolute atomic E-state index is 12.5. The Morgan fingerprint density at radius 1 is 1.07 bits per heavy atom. The van der Waals surface area contributed by atoms with Crippen molar-refractivity contribution < 1.29 is 9.53 Å². The maximum atomic E-state index is 12.5. The zero-order valence-electron chi connectivity index (χ0n) is 17.2. The van der Waals surface area contributed by atoms with E-state index < -0.39 is 0 Å². The summed E-state index contributed by atoms with van der Waals surface area (Å²) in [6.45, 7) is 7.26. The van der Waals surface area contributed by atoms with E-state index in [1.54, 1.807) is 0 Å². The molecule has 156 valence electrons. The molecule has 7 nitrogen and oxygen atoms in total. The fourth-order valence-electron chi connectivity index (χ4n) is 3.43. The summed E-state index contributed by atoms with van der Waals surface area (Å²) in [7, 11) is 0. The molecule has 1 aliphatic rings. The summed E-state index contributed by atoms with van der Waals surface area (Å²) < 4.78 is 7.38.